The van der Waals surface area contributed by atoms with Gasteiger partial charge in [0, 0.05) is 12.0 Å². The van der Waals surface area contributed by atoms with E-state index in [1.807, 2.05) is 6.92 Å². The second kappa shape index (κ2) is 5.82. The number of ether oxygens (including phenoxy) is 1. The molecule has 1 heterocycles. The molecule has 0 spiro atoms. The predicted octanol–water partition coefficient (Wildman–Crippen LogP) is 2.72. The van der Waals surface area contributed by atoms with Crippen LogP contribution in [0.3, 0.4) is 0 Å². The summed E-state index contributed by atoms with van der Waals surface area (Å²) in [6.45, 7) is 4.61. The van der Waals surface area contributed by atoms with Crippen LogP contribution >= 0.6 is 11.3 Å². The fourth-order valence-electron chi connectivity index (χ4n) is 1.28. The van der Waals surface area contributed by atoms with Crippen LogP contribution in [0, 0.1) is 0 Å². The molecule has 1 aromatic rings. The first-order valence-electron chi connectivity index (χ1n) is 4.99. The summed E-state index contributed by atoms with van der Waals surface area (Å²) >= 11 is 1.35. The summed E-state index contributed by atoms with van der Waals surface area (Å²) in [5.74, 6) is -0.982. The summed E-state index contributed by atoms with van der Waals surface area (Å²) in [5, 5.41) is 11.1. The molecule has 0 bridgehead atoms. The number of aromatic carboxylic acids is 1. The summed E-state index contributed by atoms with van der Waals surface area (Å²) in [7, 11) is 0. The Labute approximate surface area is 92.9 Å². The van der Waals surface area contributed by atoms with Crippen LogP contribution in [0.2, 0.25) is 0 Å². The zero-order valence-corrected chi connectivity index (χ0v) is 9.71. The maximum atomic E-state index is 10.7. The van der Waals surface area contributed by atoms with Crippen molar-refractivity contribution in [1.29, 1.82) is 0 Å². The Morgan fingerprint density at radius 2 is 2.40 bits per heavy atom. The van der Waals surface area contributed by atoms with Gasteiger partial charge >= 0.3 is 5.97 Å². The first kappa shape index (κ1) is 12.1. The van der Waals surface area contributed by atoms with Crippen LogP contribution in [-0.2, 0) is 4.74 Å². The van der Waals surface area contributed by atoms with Gasteiger partial charge in [-0.25, -0.2) is 9.78 Å². The Kier molecular flexibility index (Phi) is 4.71. The minimum absolute atomic E-state index is 0.0573. The van der Waals surface area contributed by atoms with Gasteiger partial charge in [0.2, 0.25) is 0 Å². The summed E-state index contributed by atoms with van der Waals surface area (Å²) in [6.07, 6.45) is 1.81. The van der Waals surface area contributed by atoms with E-state index in [2.05, 4.69) is 11.9 Å². The highest BCUT2D eigenvalue weighted by Crippen LogP contribution is 2.25. The van der Waals surface area contributed by atoms with Crippen molar-refractivity contribution in [3.05, 3.63) is 16.1 Å². The Morgan fingerprint density at radius 3 is 2.87 bits per heavy atom. The van der Waals surface area contributed by atoms with E-state index in [1.54, 1.807) is 5.38 Å². The molecule has 0 saturated heterocycles. The topological polar surface area (TPSA) is 59.4 Å². The van der Waals surface area contributed by atoms with Crippen LogP contribution in [-0.4, -0.2) is 22.7 Å². The second-order valence-corrected chi connectivity index (χ2v) is 4.00. The average molecular weight is 229 g/mol. The van der Waals surface area contributed by atoms with Gasteiger partial charge in [-0.2, -0.15) is 0 Å². The summed E-state index contributed by atoms with van der Waals surface area (Å²) in [4.78, 5) is 14.7. The molecule has 84 valence electrons. The third-order valence-electron chi connectivity index (χ3n) is 1.94. The van der Waals surface area contributed by atoms with Gasteiger partial charge in [0.15, 0.2) is 5.69 Å². The summed E-state index contributed by atoms with van der Waals surface area (Å²) < 4.78 is 5.52. The van der Waals surface area contributed by atoms with E-state index in [9.17, 15) is 4.79 Å². The van der Waals surface area contributed by atoms with E-state index < -0.39 is 5.97 Å². The fourth-order valence-corrected chi connectivity index (χ4v) is 2.15. The van der Waals surface area contributed by atoms with Crippen molar-refractivity contribution >= 4 is 17.3 Å². The molecule has 0 aromatic carbocycles. The molecule has 0 radical (unpaired) electrons. The van der Waals surface area contributed by atoms with Crippen molar-refractivity contribution < 1.29 is 14.6 Å². The van der Waals surface area contributed by atoms with Crippen molar-refractivity contribution in [2.45, 2.75) is 32.8 Å². The molecular weight excluding hydrogens is 214 g/mol. The van der Waals surface area contributed by atoms with Crippen LogP contribution in [0.4, 0.5) is 0 Å². The number of carbonyl (C=O) groups is 1. The number of hydrogen-bond donors (Lipinski definition) is 1. The van der Waals surface area contributed by atoms with Gasteiger partial charge in [-0.1, -0.05) is 13.3 Å². The molecule has 15 heavy (non-hydrogen) atoms. The number of carboxylic acids is 1. The Hall–Kier alpha value is -0.940. The van der Waals surface area contributed by atoms with Gasteiger partial charge in [-0.3, -0.25) is 0 Å². The van der Waals surface area contributed by atoms with Crippen LogP contribution in [0.5, 0.6) is 0 Å². The number of hydrogen-bond acceptors (Lipinski definition) is 4. The first-order valence-corrected chi connectivity index (χ1v) is 5.87. The molecule has 1 atom stereocenters. The van der Waals surface area contributed by atoms with E-state index in [1.165, 1.54) is 11.3 Å². The normalized spacial score (nSPS) is 12.7. The Balaban J connectivity index is 2.76. The molecule has 0 aliphatic carbocycles. The van der Waals surface area contributed by atoms with Gasteiger partial charge in [-0.05, 0) is 13.3 Å². The first-order chi connectivity index (χ1) is 7.19. The lowest BCUT2D eigenvalue weighted by Gasteiger charge is -2.12. The van der Waals surface area contributed by atoms with Crippen molar-refractivity contribution in [3.8, 4) is 0 Å². The maximum absolute atomic E-state index is 10.7. The summed E-state index contributed by atoms with van der Waals surface area (Å²) in [6, 6.07) is 0. The number of rotatable bonds is 6. The number of aromatic nitrogens is 1. The van der Waals surface area contributed by atoms with E-state index in [-0.39, 0.29) is 11.8 Å². The van der Waals surface area contributed by atoms with E-state index >= 15 is 0 Å². The fraction of sp³-hybridized carbons (Fsp3) is 0.600. The van der Waals surface area contributed by atoms with Crippen molar-refractivity contribution in [3.63, 3.8) is 0 Å². The Morgan fingerprint density at radius 1 is 1.67 bits per heavy atom. The molecular formula is C10H15NO3S. The molecule has 4 nitrogen and oxygen atoms in total. The number of carboxylic acid groups (broad SMARTS) is 1. The van der Waals surface area contributed by atoms with Crippen LogP contribution in [0.15, 0.2) is 5.38 Å². The molecule has 1 rings (SSSR count). The lowest BCUT2D eigenvalue weighted by Crippen LogP contribution is -2.05. The lowest BCUT2D eigenvalue weighted by molar-refractivity contribution is 0.0550. The predicted molar refractivity (Wildman–Crippen MR) is 58.3 cm³/mol. The van der Waals surface area contributed by atoms with Crippen LogP contribution < -0.4 is 0 Å². The molecule has 0 amide bonds. The van der Waals surface area contributed by atoms with E-state index in [0.29, 0.717) is 6.61 Å². The molecule has 0 saturated carbocycles. The standard InChI is InChI=1S/C10H15NO3S/c1-3-5-8(14-4-2)9-11-7(6-15-9)10(12)13/h6,8H,3-5H2,1-2H3,(H,12,13). The van der Waals surface area contributed by atoms with Gasteiger partial charge < -0.3 is 9.84 Å². The van der Waals surface area contributed by atoms with Gasteiger partial charge in [-0.15, -0.1) is 11.3 Å². The third-order valence-corrected chi connectivity index (χ3v) is 2.87. The largest absolute Gasteiger partial charge is 0.476 e. The highest BCUT2D eigenvalue weighted by atomic mass is 32.1. The van der Waals surface area contributed by atoms with Gasteiger partial charge in [0.1, 0.15) is 11.1 Å². The van der Waals surface area contributed by atoms with Crippen molar-refractivity contribution in [2.24, 2.45) is 0 Å². The van der Waals surface area contributed by atoms with Crippen LogP contribution in [0.25, 0.3) is 0 Å². The van der Waals surface area contributed by atoms with E-state index in [4.69, 9.17) is 9.84 Å². The van der Waals surface area contributed by atoms with Crippen LogP contribution in [0.1, 0.15) is 48.3 Å². The lowest BCUT2D eigenvalue weighted by atomic mass is 10.2. The SMILES string of the molecule is CCCC(OCC)c1nc(C(=O)O)cs1. The minimum Gasteiger partial charge on any atom is -0.476 e. The highest BCUT2D eigenvalue weighted by molar-refractivity contribution is 7.09. The molecule has 0 aliphatic rings. The molecule has 1 aromatic heterocycles. The van der Waals surface area contributed by atoms with Gasteiger partial charge in [0.05, 0.1) is 0 Å². The maximum Gasteiger partial charge on any atom is 0.355 e. The second-order valence-electron chi connectivity index (χ2n) is 3.11. The zero-order chi connectivity index (χ0) is 11.3. The van der Waals surface area contributed by atoms with Crippen molar-refractivity contribution in [2.75, 3.05) is 6.61 Å². The molecule has 1 unspecified atom stereocenters. The van der Waals surface area contributed by atoms with E-state index in [0.717, 1.165) is 17.8 Å². The molecule has 5 heteroatoms. The van der Waals surface area contributed by atoms with Gasteiger partial charge in [0.25, 0.3) is 0 Å². The minimum atomic E-state index is -0.982. The molecule has 1 N–H and O–H groups in total. The monoisotopic (exact) mass is 229 g/mol. The quantitative estimate of drug-likeness (QED) is 0.814. The smallest absolute Gasteiger partial charge is 0.355 e. The summed E-state index contributed by atoms with van der Waals surface area (Å²) in [5.41, 5.74) is 0.107. The number of thiazole rings is 1. The molecule has 0 fully saturated rings. The highest BCUT2D eigenvalue weighted by Gasteiger charge is 2.17. The molecule has 0 aliphatic heterocycles. The Bertz CT molecular complexity index is 318. The third kappa shape index (κ3) is 3.28. The average Bonchev–Trinajstić information content (AvgIpc) is 2.66. The zero-order valence-electron chi connectivity index (χ0n) is 8.90. The number of nitrogens with zero attached hydrogens (tertiary/aromatic N) is 1. The van der Waals surface area contributed by atoms with Crippen molar-refractivity contribution in [1.82, 2.24) is 4.98 Å².